The SMILES string of the molecule is Cn1ccnc1C(=O)c1ccc2c(c1)S(=O)(=O)c1ccccc1C2=O. The lowest BCUT2D eigenvalue weighted by atomic mass is 10.00. The van der Waals surface area contributed by atoms with Gasteiger partial charge in [-0.05, 0) is 24.3 Å². The molecule has 2 heterocycles. The van der Waals surface area contributed by atoms with E-state index < -0.39 is 15.6 Å². The highest BCUT2D eigenvalue weighted by atomic mass is 32.2. The van der Waals surface area contributed by atoms with Crippen molar-refractivity contribution in [2.24, 2.45) is 7.05 Å². The molecule has 0 unspecified atom stereocenters. The van der Waals surface area contributed by atoms with Gasteiger partial charge in [0.2, 0.25) is 15.6 Å². The molecule has 0 fully saturated rings. The van der Waals surface area contributed by atoms with E-state index in [2.05, 4.69) is 4.98 Å². The van der Waals surface area contributed by atoms with Crippen LogP contribution in [0, 0.1) is 0 Å². The Balaban J connectivity index is 1.92. The average molecular weight is 352 g/mol. The lowest BCUT2D eigenvalue weighted by Gasteiger charge is -2.19. The van der Waals surface area contributed by atoms with Gasteiger partial charge in [-0.2, -0.15) is 0 Å². The third kappa shape index (κ3) is 2.16. The van der Waals surface area contributed by atoms with Crippen LogP contribution in [0.5, 0.6) is 0 Å². The first kappa shape index (κ1) is 15.5. The van der Waals surface area contributed by atoms with Crippen LogP contribution in [0.25, 0.3) is 0 Å². The van der Waals surface area contributed by atoms with E-state index >= 15 is 0 Å². The number of ketones is 2. The van der Waals surface area contributed by atoms with Gasteiger partial charge in [0.15, 0.2) is 11.6 Å². The molecule has 0 amide bonds. The predicted molar refractivity (Wildman–Crippen MR) is 88.4 cm³/mol. The number of benzene rings is 2. The van der Waals surface area contributed by atoms with Crippen LogP contribution in [-0.2, 0) is 16.9 Å². The minimum Gasteiger partial charge on any atom is -0.331 e. The first-order valence-electron chi connectivity index (χ1n) is 7.46. The van der Waals surface area contributed by atoms with Crippen molar-refractivity contribution in [1.82, 2.24) is 9.55 Å². The molecule has 0 N–H and O–H groups in total. The quantitative estimate of drug-likeness (QED) is 0.515. The Kier molecular flexibility index (Phi) is 3.23. The minimum absolute atomic E-state index is 0.0332. The van der Waals surface area contributed by atoms with Crippen molar-refractivity contribution < 1.29 is 18.0 Å². The molecule has 0 radical (unpaired) electrons. The second kappa shape index (κ2) is 5.22. The standard InChI is InChI=1S/C18H12N2O4S/c1-20-9-8-19-18(20)16(21)11-6-7-13-15(10-11)25(23,24)14-5-3-2-4-12(14)17(13)22/h2-10H,1H3. The molecule has 0 bridgehead atoms. The van der Waals surface area contributed by atoms with Crippen molar-refractivity contribution in [3.8, 4) is 0 Å². The van der Waals surface area contributed by atoms with E-state index in [4.69, 9.17) is 0 Å². The summed E-state index contributed by atoms with van der Waals surface area (Å²) in [7, 11) is -2.19. The van der Waals surface area contributed by atoms with E-state index in [1.165, 1.54) is 36.5 Å². The molecule has 7 heteroatoms. The third-order valence-electron chi connectivity index (χ3n) is 4.22. The molecule has 25 heavy (non-hydrogen) atoms. The highest BCUT2D eigenvalue weighted by Gasteiger charge is 2.35. The van der Waals surface area contributed by atoms with Gasteiger partial charge in [0.1, 0.15) is 0 Å². The zero-order chi connectivity index (χ0) is 17.8. The molecule has 1 aliphatic heterocycles. The smallest absolute Gasteiger partial charge is 0.228 e. The van der Waals surface area contributed by atoms with Crippen molar-refractivity contribution in [1.29, 1.82) is 0 Å². The van der Waals surface area contributed by atoms with E-state index in [1.807, 2.05) is 0 Å². The van der Waals surface area contributed by atoms with Crippen LogP contribution >= 0.6 is 0 Å². The molecule has 124 valence electrons. The molecular weight excluding hydrogens is 340 g/mol. The van der Waals surface area contributed by atoms with Gasteiger partial charge >= 0.3 is 0 Å². The van der Waals surface area contributed by atoms with E-state index in [0.29, 0.717) is 0 Å². The summed E-state index contributed by atoms with van der Waals surface area (Å²) in [4.78, 5) is 29.0. The van der Waals surface area contributed by atoms with Crippen molar-refractivity contribution in [3.63, 3.8) is 0 Å². The minimum atomic E-state index is -3.87. The fourth-order valence-corrected chi connectivity index (χ4v) is 4.62. The van der Waals surface area contributed by atoms with E-state index in [1.54, 1.807) is 29.9 Å². The molecule has 4 rings (SSSR count). The first-order chi connectivity index (χ1) is 11.9. The fraction of sp³-hybridized carbons (Fsp3) is 0.0556. The van der Waals surface area contributed by atoms with Crippen molar-refractivity contribution >= 4 is 21.4 Å². The molecule has 0 atom stereocenters. The van der Waals surface area contributed by atoms with Gasteiger partial charge in [0.05, 0.1) is 9.79 Å². The highest BCUT2D eigenvalue weighted by Crippen LogP contribution is 2.35. The Bertz CT molecular complexity index is 1160. The molecule has 0 spiro atoms. The van der Waals surface area contributed by atoms with Gasteiger partial charge in [0.25, 0.3) is 0 Å². The number of aromatic nitrogens is 2. The van der Waals surface area contributed by atoms with Gasteiger partial charge < -0.3 is 4.57 Å². The number of fused-ring (bicyclic) bond motifs is 2. The molecule has 6 nitrogen and oxygen atoms in total. The molecule has 0 saturated carbocycles. The number of carbonyl (C=O) groups excluding carboxylic acids is 2. The Hall–Kier alpha value is -3.06. The summed E-state index contributed by atoms with van der Waals surface area (Å²) < 4.78 is 27.3. The number of sulfone groups is 1. The molecular formula is C18H12N2O4S. The number of hydrogen-bond acceptors (Lipinski definition) is 5. The van der Waals surface area contributed by atoms with Gasteiger partial charge in [-0.15, -0.1) is 0 Å². The first-order valence-corrected chi connectivity index (χ1v) is 8.94. The maximum atomic E-state index is 12.9. The average Bonchev–Trinajstić information content (AvgIpc) is 3.05. The van der Waals surface area contributed by atoms with E-state index in [9.17, 15) is 18.0 Å². The predicted octanol–water partition coefficient (Wildman–Crippen LogP) is 2.03. The molecule has 1 aliphatic rings. The number of nitrogens with zero attached hydrogens (tertiary/aromatic N) is 2. The number of rotatable bonds is 2. The van der Waals surface area contributed by atoms with Gasteiger partial charge in [-0.1, -0.05) is 18.2 Å². The summed E-state index contributed by atoms with van der Waals surface area (Å²) in [5.41, 5.74) is 0.400. The summed E-state index contributed by atoms with van der Waals surface area (Å²) in [6.07, 6.45) is 3.12. The van der Waals surface area contributed by atoms with Crippen LogP contribution in [0.15, 0.2) is 64.6 Å². The summed E-state index contributed by atoms with van der Waals surface area (Å²) in [5.74, 6) is -0.576. The number of aryl methyl sites for hydroxylation is 1. The van der Waals surface area contributed by atoms with Crippen molar-refractivity contribution in [2.75, 3.05) is 0 Å². The Morgan fingerprint density at radius 3 is 2.48 bits per heavy atom. The summed E-state index contributed by atoms with van der Waals surface area (Å²) in [6.45, 7) is 0. The lowest BCUT2D eigenvalue weighted by Crippen LogP contribution is -2.21. The molecule has 2 aromatic carbocycles. The van der Waals surface area contributed by atoms with Crippen LogP contribution in [0.4, 0.5) is 0 Å². The van der Waals surface area contributed by atoms with Crippen LogP contribution in [0.3, 0.4) is 0 Å². The second-order valence-electron chi connectivity index (χ2n) is 5.73. The maximum absolute atomic E-state index is 12.9. The van der Waals surface area contributed by atoms with Crippen LogP contribution < -0.4 is 0 Å². The Labute approximate surface area is 143 Å². The Morgan fingerprint density at radius 1 is 1.04 bits per heavy atom. The fourth-order valence-electron chi connectivity index (χ4n) is 2.94. The zero-order valence-electron chi connectivity index (χ0n) is 13.1. The largest absolute Gasteiger partial charge is 0.331 e. The number of hydrogen-bond donors (Lipinski definition) is 0. The van der Waals surface area contributed by atoms with Crippen molar-refractivity contribution in [3.05, 3.63) is 77.4 Å². The lowest BCUT2D eigenvalue weighted by molar-refractivity contribution is 0.101. The van der Waals surface area contributed by atoms with E-state index in [0.717, 1.165) is 0 Å². The number of carbonyl (C=O) groups is 2. The molecule has 0 saturated heterocycles. The summed E-state index contributed by atoms with van der Waals surface area (Å²) in [5, 5.41) is 0. The van der Waals surface area contributed by atoms with Crippen molar-refractivity contribution in [2.45, 2.75) is 9.79 Å². The van der Waals surface area contributed by atoms with Crippen LogP contribution in [0.2, 0.25) is 0 Å². The van der Waals surface area contributed by atoms with E-state index in [-0.39, 0.29) is 38.1 Å². The second-order valence-corrected chi connectivity index (χ2v) is 7.62. The highest BCUT2D eigenvalue weighted by molar-refractivity contribution is 7.91. The maximum Gasteiger partial charge on any atom is 0.228 e. The van der Waals surface area contributed by atoms with Gasteiger partial charge in [0, 0.05) is 36.1 Å². The number of imidazole rings is 1. The third-order valence-corrected chi connectivity index (χ3v) is 6.08. The summed E-state index contributed by atoms with van der Waals surface area (Å²) >= 11 is 0. The molecule has 3 aromatic rings. The van der Waals surface area contributed by atoms with Crippen LogP contribution in [0.1, 0.15) is 32.1 Å². The topological polar surface area (TPSA) is 86.1 Å². The van der Waals surface area contributed by atoms with Gasteiger partial charge in [-0.25, -0.2) is 13.4 Å². The monoisotopic (exact) mass is 352 g/mol. The normalized spacial score (nSPS) is 14.7. The molecule has 1 aromatic heterocycles. The summed E-state index contributed by atoms with van der Waals surface area (Å²) in [6, 6.07) is 10.2. The van der Waals surface area contributed by atoms with Gasteiger partial charge in [-0.3, -0.25) is 9.59 Å². The zero-order valence-corrected chi connectivity index (χ0v) is 13.9. The Morgan fingerprint density at radius 2 is 1.76 bits per heavy atom. The van der Waals surface area contributed by atoms with Crippen LogP contribution in [-0.4, -0.2) is 29.5 Å². The molecule has 0 aliphatic carbocycles.